The predicted octanol–water partition coefficient (Wildman–Crippen LogP) is 3.31. The lowest BCUT2D eigenvalue weighted by molar-refractivity contribution is 0.277. The lowest BCUT2D eigenvalue weighted by Gasteiger charge is -2.27. The zero-order valence-electron chi connectivity index (χ0n) is 14.4. The zero-order chi connectivity index (χ0) is 17.0. The van der Waals surface area contributed by atoms with Crippen molar-refractivity contribution in [3.63, 3.8) is 0 Å². The van der Waals surface area contributed by atoms with Gasteiger partial charge in [0.1, 0.15) is 0 Å². The second kappa shape index (κ2) is 7.47. The van der Waals surface area contributed by atoms with Crippen molar-refractivity contribution >= 4 is 0 Å². The number of rotatable bonds is 6. The van der Waals surface area contributed by atoms with E-state index >= 15 is 0 Å². The first-order valence-corrected chi connectivity index (χ1v) is 8.20. The van der Waals surface area contributed by atoms with Gasteiger partial charge in [-0.2, -0.15) is 0 Å². The summed E-state index contributed by atoms with van der Waals surface area (Å²) in [6, 6.07) is 11.7. The van der Waals surface area contributed by atoms with Crippen molar-refractivity contribution in [2.75, 3.05) is 13.1 Å². The molecule has 1 atom stereocenters. The summed E-state index contributed by atoms with van der Waals surface area (Å²) in [5, 5.41) is 10.4. The topological polar surface area (TPSA) is 45.5 Å². The summed E-state index contributed by atoms with van der Waals surface area (Å²) in [6.07, 6.45) is 0. The summed E-state index contributed by atoms with van der Waals surface area (Å²) in [5.74, 6) is -0.134. The van der Waals surface area contributed by atoms with E-state index in [9.17, 15) is 9.90 Å². The monoisotopic (exact) mass is 314 g/mol. The fraction of sp³-hybridized carbons (Fsp3) is 0.421. The number of nitrogens with zero attached hydrogens (tertiary/aromatic N) is 2. The van der Waals surface area contributed by atoms with Crippen LogP contribution in [0.5, 0.6) is 5.75 Å². The molecule has 0 saturated heterocycles. The molecule has 0 saturated carbocycles. The highest BCUT2D eigenvalue weighted by Crippen LogP contribution is 2.26. The van der Waals surface area contributed by atoms with Gasteiger partial charge >= 0.3 is 0 Å². The van der Waals surface area contributed by atoms with E-state index in [0.717, 1.165) is 24.3 Å². The van der Waals surface area contributed by atoms with Gasteiger partial charge in [-0.05, 0) is 32.5 Å². The Balaban J connectivity index is 2.57. The summed E-state index contributed by atoms with van der Waals surface area (Å²) < 4.78 is 2.07. The minimum atomic E-state index is -0.304. The lowest BCUT2D eigenvalue weighted by atomic mass is 10.1. The summed E-state index contributed by atoms with van der Waals surface area (Å²) in [6.45, 7) is 10.5. The van der Waals surface area contributed by atoms with E-state index in [-0.39, 0.29) is 17.2 Å². The SMILES string of the molecule is CCN(CC)Cc1c(O)c(=O)cc(C)n1C(C)c1ccccc1. The van der Waals surface area contributed by atoms with Gasteiger partial charge < -0.3 is 9.67 Å². The molecule has 1 heterocycles. The Morgan fingerprint density at radius 2 is 1.78 bits per heavy atom. The van der Waals surface area contributed by atoms with Crippen molar-refractivity contribution < 1.29 is 5.11 Å². The van der Waals surface area contributed by atoms with E-state index in [4.69, 9.17) is 0 Å². The second-order valence-electron chi connectivity index (χ2n) is 5.86. The molecule has 0 aliphatic rings. The summed E-state index contributed by atoms with van der Waals surface area (Å²) >= 11 is 0. The average molecular weight is 314 g/mol. The zero-order valence-corrected chi connectivity index (χ0v) is 14.4. The Morgan fingerprint density at radius 3 is 2.35 bits per heavy atom. The smallest absolute Gasteiger partial charge is 0.223 e. The van der Waals surface area contributed by atoms with Crippen LogP contribution in [-0.4, -0.2) is 27.7 Å². The Hall–Kier alpha value is -2.07. The molecule has 4 heteroatoms. The molecule has 1 aromatic heterocycles. The second-order valence-corrected chi connectivity index (χ2v) is 5.86. The molecule has 1 N–H and O–H groups in total. The maximum absolute atomic E-state index is 12.0. The van der Waals surface area contributed by atoms with Crippen LogP contribution in [0.1, 0.15) is 43.8 Å². The third-order valence-corrected chi connectivity index (χ3v) is 4.45. The van der Waals surface area contributed by atoms with Crippen LogP contribution in [0.15, 0.2) is 41.2 Å². The molecule has 4 nitrogen and oxygen atoms in total. The van der Waals surface area contributed by atoms with E-state index in [2.05, 4.69) is 42.4 Å². The molecular formula is C19H26N2O2. The van der Waals surface area contributed by atoms with Crippen LogP contribution in [0.2, 0.25) is 0 Å². The van der Waals surface area contributed by atoms with Crippen molar-refractivity contribution in [2.45, 2.75) is 40.3 Å². The highest BCUT2D eigenvalue weighted by atomic mass is 16.3. The molecule has 0 aliphatic carbocycles. The quantitative estimate of drug-likeness (QED) is 0.889. The highest BCUT2D eigenvalue weighted by molar-refractivity contribution is 5.32. The molecule has 0 spiro atoms. The van der Waals surface area contributed by atoms with Gasteiger partial charge in [0, 0.05) is 18.3 Å². The highest BCUT2D eigenvalue weighted by Gasteiger charge is 2.19. The third kappa shape index (κ3) is 3.64. The van der Waals surface area contributed by atoms with Crippen LogP contribution in [0.3, 0.4) is 0 Å². The predicted molar refractivity (Wildman–Crippen MR) is 94.0 cm³/mol. The van der Waals surface area contributed by atoms with Gasteiger partial charge in [-0.1, -0.05) is 44.2 Å². The van der Waals surface area contributed by atoms with Gasteiger partial charge in [-0.25, -0.2) is 0 Å². The van der Waals surface area contributed by atoms with Gasteiger partial charge in [0.25, 0.3) is 0 Å². The number of benzene rings is 1. The largest absolute Gasteiger partial charge is 0.503 e. The van der Waals surface area contributed by atoms with Gasteiger partial charge in [-0.15, -0.1) is 0 Å². The van der Waals surface area contributed by atoms with E-state index < -0.39 is 0 Å². The first-order valence-electron chi connectivity index (χ1n) is 8.20. The van der Waals surface area contributed by atoms with Gasteiger partial charge in [-0.3, -0.25) is 9.69 Å². The van der Waals surface area contributed by atoms with Crippen LogP contribution in [-0.2, 0) is 6.54 Å². The Morgan fingerprint density at radius 1 is 1.17 bits per heavy atom. The summed E-state index contributed by atoms with van der Waals surface area (Å²) in [5.41, 5.74) is 2.40. The average Bonchev–Trinajstić information content (AvgIpc) is 2.57. The molecule has 2 aromatic rings. The van der Waals surface area contributed by atoms with Crippen molar-refractivity contribution in [1.29, 1.82) is 0 Å². The molecule has 0 radical (unpaired) electrons. The first kappa shape index (κ1) is 17.3. The fourth-order valence-electron chi connectivity index (χ4n) is 3.03. The molecule has 0 aliphatic heterocycles. The van der Waals surface area contributed by atoms with E-state index in [1.807, 2.05) is 25.1 Å². The standard InChI is InChI=1S/C19H26N2O2/c1-5-20(6-2)13-17-19(23)18(22)12-14(3)21(17)15(4)16-10-8-7-9-11-16/h7-12,15,23H,5-6,13H2,1-4H3. The minimum Gasteiger partial charge on any atom is -0.503 e. The van der Waals surface area contributed by atoms with Crippen LogP contribution in [0.4, 0.5) is 0 Å². The molecular weight excluding hydrogens is 288 g/mol. The molecule has 0 amide bonds. The number of aryl methyl sites for hydroxylation is 1. The molecule has 0 bridgehead atoms. The van der Waals surface area contributed by atoms with Crippen molar-refractivity contribution in [3.8, 4) is 5.75 Å². The number of aromatic nitrogens is 1. The Kier molecular flexibility index (Phi) is 5.61. The normalized spacial score (nSPS) is 12.6. The number of aromatic hydroxyl groups is 1. The maximum Gasteiger partial charge on any atom is 0.223 e. The summed E-state index contributed by atoms with van der Waals surface area (Å²) in [7, 11) is 0. The van der Waals surface area contributed by atoms with Crippen LogP contribution >= 0.6 is 0 Å². The van der Waals surface area contributed by atoms with E-state index in [0.29, 0.717) is 12.2 Å². The maximum atomic E-state index is 12.0. The van der Waals surface area contributed by atoms with E-state index in [1.54, 1.807) is 0 Å². The number of hydrogen-bond acceptors (Lipinski definition) is 3. The molecule has 2 rings (SSSR count). The van der Waals surface area contributed by atoms with E-state index in [1.165, 1.54) is 6.07 Å². The van der Waals surface area contributed by atoms with Crippen molar-refractivity contribution in [2.24, 2.45) is 0 Å². The van der Waals surface area contributed by atoms with Gasteiger partial charge in [0.2, 0.25) is 5.43 Å². The Labute approximate surface area is 138 Å². The minimum absolute atomic E-state index is 0.0493. The van der Waals surface area contributed by atoms with Crippen molar-refractivity contribution in [1.82, 2.24) is 9.47 Å². The fourth-order valence-corrected chi connectivity index (χ4v) is 3.03. The number of pyridine rings is 1. The third-order valence-electron chi connectivity index (χ3n) is 4.45. The summed E-state index contributed by atoms with van der Waals surface area (Å²) in [4.78, 5) is 14.2. The molecule has 1 unspecified atom stereocenters. The molecule has 23 heavy (non-hydrogen) atoms. The van der Waals surface area contributed by atoms with Crippen LogP contribution in [0, 0.1) is 6.92 Å². The van der Waals surface area contributed by atoms with Crippen LogP contribution < -0.4 is 5.43 Å². The molecule has 124 valence electrons. The van der Waals surface area contributed by atoms with Gasteiger partial charge in [0.15, 0.2) is 5.75 Å². The Bertz CT molecular complexity index is 703. The first-order chi connectivity index (χ1) is 11.0. The lowest BCUT2D eigenvalue weighted by Crippen LogP contribution is -2.28. The molecule has 1 aromatic carbocycles. The van der Waals surface area contributed by atoms with Crippen molar-refractivity contribution in [3.05, 3.63) is 63.6 Å². The van der Waals surface area contributed by atoms with Gasteiger partial charge in [0.05, 0.1) is 11.7 Å². The number of hydrogen-bond donors (Lipinski definition) is 1. The van der Waals surface area contributed by atoms with Crippen LogP contribution in [0.25, 0.3) is 0 Å². The molecule has 0 fully saturated rings.